The summed E-state index contributed by atoms with van der Waals surface area (Å²) >= 11 is 0. The van der Waals surface area contributed by atoms with E-state index in [0.717, 1.165) is 24.8 Å². The van der Waals surface area contributed by atoms with Crippen LogP contribution in [0.3, 0.4) is 0 Å². The first kappa shape index (κ1) is 13.4. The molecule has 1 fully saturated rings. The Kier molecular flexibility index (Phi) is 5.06. The highest BCUT2D eigenvalue weighted by Gasteiger charge is 2.24. The van der Waals surface area contributed by atoms with Crippen molar-refractivity contribution in [3.8, 4) is 5.75 Å². The van der Waals surface area contributed by atoms with Crippen LogP contribution < -0.4 is 10.1 Å². The van der Waals surface area contributed by atoms with Crippen molar-refractivity contribution >= 4 is 0 Å². The SMILES string of the molecule is CCOc1ccc(CNC(CC)CC2CC2)cc1. The molecule has 0 aliphatic heterocycles. The van der Waals surface area contributed by atoms with Gasteiger partial charge in [-0.15, -0.1) is 0 Å². The second kappa shape index (κ2) is 6.79. The summed E-state index contributed by atoms with van der Waals surface area (Å²) in [6.07, 6.45) is 5.48. The molecule has 0 saturated heterocycles. The molecule has 0 bridgehead atoms. The number of hydrogen-bond donors (Lipinski definition) is 1. The maximum atomic E-state index is 5.45. The molecule has 100 valence electrons. The summed E-state index contributed by atoms with van der Waals surface area (Å²) < 4.78 is 5.45. The van der Waals surface area contributed by atoms with Crippen LogP contribution in [-0.4, -0.2) is 12.6 Å². The number of ether oxygens (including phenoxy) is 1. The zero-order valence-electron chi connectivity index (χ0n) is 11.6. The highest BCUT2D eigenvalue weighted by Crippen LogP contribution is 2.34. The Morgan fingerprint density at radius 2 is 1.94 bits per heavy atom. The van der Waals surface area contributed by atoms with Gasteiger partial charge in [0.25, 0.3) is 0 Å². The van der Waals surface area contributed by atoms with Gasteiger partial charge in [-0.1, -0.05) is 31.9 Å². The summed E-state index contributed by atoms with van der Waals surface area (Å²) in [4.78, 5) is 0. The van der Waals surface area contributed by atoms with Crippen LogP contribution in [0.2, 0.25) is 0 Å². The van der Waals surface area contributed by atoms with Crippen molar-refractivity contribution in [3.05, 3.63) is 29.8 Å². The molecule has 0 heterocycles. The molecule has 1 aromatic rings. The predicted molar refractivity (Wildman–Crippen MR) is 75.9 cm³/mol. The molecule has 1 aliphatic carbocycles. The smallest absolute Gasteiger partial charge is 0.119 e. The molecule has 0 radical (unpaired) electrons. The first-order chi connectivity index (χ1) is 8.81. The van der Waals surface area contributed by atoms with E-state index in [1.807, 2.05) is 6.92 Å². The molecule has 2 rings (SSSR count). The van der Waals surface area contributed by atoms with Crippen LogP contribution in [0, 0.1) is 5.92 Å². The summed E-state index contributed by atoms with van der Waals surface area (Å²) in [5.74, 6) is 1.97. The van der Waals surface area contributed by atoms with E-state index < -0.39 is 0 Å². The van der Waals surface area contributed by atoms with Crippen molar-refractivity contribution in [1.82, 2.24) is 5.32 Å². The van der Waals surface area contributed by atoms with Crippen LogP contribution in [0.25, 0.3) is 0 Å². The van der Waals surface area contributed by atoms with Gasteiger partial charge in [0.2, 0.25) is 0 Å². The van der Waals surface area contributed by atoms with Crippen molar-refractivity contribution in [2.75, 3.05) is 6.61 Å². The Labute approximate surface area is 111 Å². The normalized spacial score (nSPS) is 16.6. The Balaban J connectivity index is 1.77. The Hall–Kier alpha value is -1.02. The fourth-order valence-electron chi connectivity index (χ4n) is 2.28. The summed E-state index contributed by atoms with van der Waals surface area (Å²) in [6.45, 7) is 5.99. The lowest BCUT2D eigenvalue weighted by Crippen LogP contribution is -2.28. The molecule has 0 spiro atoms. The third-order valence-corrected chi connectivity index (χ3v) is 3.64. The molecule has 1 aliphatic rings. The number of hydrogen-bond acceptors (Lipinski definition) is 2. The molecule has 0 amide bonds. The van der Waals surface area contributed by atoms with Gasteiger partial charge in [0.1, 0.15) is 5.75 Å². The molecule has 1 N–H and O–H groups in total. The minimum Gasteiger partial charge on any atom is -0.494 e. The monoisotopic (exact) mass is 247 g/mol. The van der Waals surface area contributed by atoms with E-state index in [1.54, 1.807) is 0 Å². The first-order valence-corrected chi connectivity index (χ1v) is 7.27. The average molecular weight is 247 g/mol. The van der Waals surface area contributed by atoms with Crippen molar-refractivity contribution in [1.29, 1.82) is 0 Å². The number of rotatable bonds is 8. The van der Waals surface area contributed by atoms with E-state index in [4.69, 9.17) is 4.74 Å². The zero-order chi connectivity index (χ0) is 12.8. The quantitative estimate of drug-likeness (QED) is 0.755. The summed E-state index contributed by atoms with van der Waals surface area (Å²) in [5, 5.41) is 3.67. The molecule has 1 atom stereocenters. The first-order valence-electron chi connectivity index (χ1n) is 7.27. The number of nitrogens with one attached hydrogen (secondary N) is 1. The lowest BCUT2D eigenvalue weighted by Gasteiger charge is -2.16. The maximum Gasteiger partial charge on any atom is 0.119 e. The number of benzene rings is 1. The molecule has 0 aromatic heterocycles. The van der Waals surface area contributed by atoms with Gasteiger partial charge in [-0.3, -0.25) is 0 Å². The molecular weight excluding hydrogens is 222 g/mol. The highest BCUT2D eigenvalue weighted by atomic mass is 16.5. The molecular formula is C16H25NO. The minimum absolute atomic E-state index is 0.684. The van der Waals surface area contributed by atoms with Crippen LogP contribution in [0.5, 0.6) is 5.75 Å². The summed E-state index contributed by atoms with van der Waals surface area (Å²) in [7, 11) is 0. The fraction of sp³-hybridized carbons (Fsp3) is 0.625. The van der Waals surface area contributed by atoms with Gasteiger partial charge in [0.05, 0.1) is 6.61 Å². The van der Waals surface area contributed by atoms with E-state index >= 15 is 0 Å². The van der Waals surface area contributed by atoms with Crippen LogP contribution in [0.15, 0.2) is 24.3 Å². The third-order valence-electron chi connectivity index (χ3n) is 3.64. The second-order valence-corrected chi connectivity index (χ2v) is 5.24. The van der Waals surface area contributed by atoms with Gasteiger partial charge in [-0.05, 0) is 43.4 Å². The summed E-state index contributed by atoms with van der Waals surface area (Å²) in [5.41, 5.74) is 1.34. The Bertz CT molecular complexity index is 343. The third kappa shape index (κ3) is 4.34. The largest absolute Gasteiger partial charge is 0.494 e. The van der Waals surface area contributed by atoms with E-state index in [0.29, 0.717) is 6.04 Å². The van der Waals surface area contributed by atoms with E-state index in [9.17, 15) is 0 Å². The lowest BCUT2D eigenvalue weighted by molar-refractivity contribution is 0.340. The minimum atomic E-state index is 0.684. The standard InChI is InChI=1S/C16H25NO/c1-3-15(11-13-5-6-13)17-12-14-7-9-16(10-8-14)18-4-2/h7-10,13,15,17H,3-6,11-12H2,1-2H3. The van der Waals surface area contributed by atoms with Gasteiger partial charge in [-0.25, -0.2) is 0 Å². The van der Waals surface area contributed by atoms with E-state index in [-0.39, 0.29) is 0 Å². The average Bonchev–Trinajstić information content (AvgIpc) is 3.20. The van der Waals surface area contributed by atoms with Crippen molar-refractivity contribution < 1.29 is 4.74 Å². The van der Waals surface area contributed by atoms with Crippen molar-refractivity contribution in [3.63, 3.8) is 0 Å². The lowest BCUT2D eigenvalue weighted by atomic mass is 10.1. The van der Waals surface area contributed by atoms with Gasteiger partial charge in [-0.2, -0.15) is 0 Å². The molecule has 1 aromatic carbocycles. The molecule has 2 nitrogen and oxygen atoms in total. The van der Waals surface area contributed by atoms with Crippen molar-refractivity contribution in [2.45, 2.75) is 52.1 Å². The van der Waals surface area contributed by atoms with Crippen LogP contribution >= 0.6 is 0 Å². The topological polar surface area (TPSA) is 21.3 Å². The Morgan fingerprint density at radius 3 is 2.50 bits per heavy atom. The maximum absolute atomic E-state index is 5.45. The summed E-state index contributed by atoms with van der Waals surface area (Å²) in [6, 6.07) is 9.11. The van der Waals surface area contributed by atoms with Gasteiger partial charge in [0.15, 0.2) is 0 Å². The molecule has 18 heavy (non-hydrogen) atoms. The second-order valence-electron chi connectivity index (χ2n) is 5.24. The highest BCUT2D eigenvalue weighted by molar-refractivity contribution is 5.27. The Morgan fingerprint density at radius 1 is 1.22 bits per heavy atom. The van der Waals surface area contributed by atoms with E-state index in [1.165, 1.54) is 31.2 Å². The molecule has 2 heteroatoms. The van der Waals surface area contributed by atoms with E-state index in [2.05, 4.69) is 36.5 Å². The molecule has 1 unspecified atom stereocenters. The van der Waals surface area contributed by atoms with Crippen LogP contribution in [-0.2, 0) is 6.54 Å². The molecule has 1 saturated carbocycles. The predicted octanol–water partition coefficient (Wildman–Crippen LogP) is 3.75. The van der Waals surface area contributed by atoms with Gasteiger partial charge >= 0.3 is 0 Å². The van der Waals surface area contributed by atoms with Gasteiger partial charge in [0, 0.05) is 12.6 Å². The van der Waals surface area contributed by atoms with Crippen LogP contribution in [0.4, 0.5) is 0 Å². The fourth-order valence-corrected chi connectivity index (χ4v) is 2.28. The van der Waals surface area contributed by atoms with Crippen molar-refractivity contribution in [2.24, 2.45) is 5.92 Å². The zero-order valence-corrected chi connectivity index (χ0v) is 11.6. The van der Waals surface area contributed by atoms with Gasteiger partial charge < -0.3 is 10.1 Å². The van der Waals surface area contributed by atoms with Crippen LogP contribution in [0.1, 0.15) is 45.1 Å².